The molecular weight excluding hydrogens is 350 g/mol. The van der Waals surface area contributed by atoms with E-state index in [1.807, 2.05) is 85.8 Å². The Morgan fingerprint density at radius 1 is 0.750 bits per heavy atom. The molecule has 0 aliphatic rings. The highest BCUT2D eigenvalue weighted by Crippen LogP contribution is 2.25. The fraction of sp³-hybridized carbons (Fsp3) is 0.0455. The number of nitrogens with one attached hydrogen (secondary N) is 3. The number of rotatable bonds is 4. The van der Waals surface area contributed by atoms with Crippen LogP contribution in [0.4, 0.5) is 27.7 Å². The van der Waals surface area contributed by atoms with Crippen molar-refractivity contribution in [2.24, 2.45) is 0 Å². The van der Waals surface area contributed by atoms with Crippen molar-refractivity contribution in [3.63, 3.8) is 0 Å². The lowest BCUT2D eigenvalue weighted by Gasteiger charge is -2.12. The Kier molecular flexibility index (Phi) is 4.84. The van der Waals surface area contributed by atoms with Gasteiger partial charge >= 0.3 is 6.03 Å². The first kappa shape index (κ1) is 17.5. The van der Waals surface area contributed by atoms with Gasteiger partial charge in [-0.1, -0.05) is 36.4 Å². The number of hydrogen-bond donors (Lipinski definition) is 3. The van der Waals surface area contributed by atoms with Crippen LogP contribution in [0, 0.1) is 6.92 Å². The summed E-state index contributed by atoms with van der Waals surface area (Å²) in [5.74, 6) is 1.42. The van der Waals surface area contributed by atoms with E-state index < -0.39 is 0 Å². The number of para-hydroxylation sites is 2. The molecule has 28 heavy (non-hydrogen) atoms. The minimum Gasteiger partial charge on any atom is -0.340 e. The topological polar surface area (TPSA) is 78.9 Å². The van der Waals surface area contributed by atoms with Gasteiger partial charge in [-0.05, 0) is 49.4 Å². The van der Waals surface area contributed by atoms with Crippen LogP contribution in [0.3, 0.4) is 0 Å². The Labute approximate surface area is 162 Å². The Morgan fingerprint density at radius 3 is 2.29 bits per heavy atom. The van der Waals surface area contributed by atoms with Gasteiger partial charge in [0, 0.05) is 22.4 Å². The predicted octanol–water partition coefficient (Wildman–Crippen LogP) is 5.33. The highest BCUT2D eigenvalue weighted by Gasteiger charge is 2.07. The quantitative estimate of drug-likeness (QED) is 0.454. The average Bonchev–Trinajstić information content (AvgIpc) is 2.69. The van der Waals surface area contributed by atoms with Crippen LogP contribution in [0.1, 0.15) is 5.82 Å². The van der Waals surface area contributed by atoms with Crippen molar-refractivity contribution in [2.45, 2.75) is 6.92 Å². The summed E-state index contributed by atoms with van der Waals surface area (Å²) in [6.45, 7) is 1.86. The van der Waals surface area contributed by atoms with Crippen LogP contribution >= 0.6 is 0 Å². The molecule has 1 heterocycles. The molecule has 0 saturated carbocycles. The number of carbonyl (C=O) groups is 1. The van der Waals surface area contributed by atoms with Gasteiger partial charge in [0.25, 0.3) is 0 Å². The van der Waals surface area contributed by atoms with Crippen LogP contribution < -0.4 is 16.0 Å². The lowest BCUT2D eigenvalue weighted by Crippen LogP contribution is -2.19. The third-order valence-corrected chi connectivity index (χ3v) is 4.13. The molecule has 0 bridgehead atoms. The minimum atomic E-state index is -0.299. The summed E-state index contributed by atoms with van der Waals surface area (Å²) in [6, 6.07) is 24.3. The van der Waals surface area contributed by atoms with Gasteiger partial charge < -0.3 is 16.0 Å². The van der Waals surface area contributed by atoms with Crippen molar-refractivity contribution in [2.75, 3.05) is 16.0 Å². The van der Waals surface area contributed by atoms with Crippen LogP contribution in [0.2, 0.25) is 0 Å². The van der Waals surface area contributed by atoms with E-state index in [4.69, 9.17) is 0 Å². The van der Waals surface area contributed by atoms with E-state index in [0.29, 0.717) is 11.5 Å². The molecule has 0 spiro atoms. The SMILES string of the molecule is Cc1nc(Nc2cccc(NC(=O)Nc3ccccc3)c2)c2ccccc2n1. The number of aryl methyl sites for hydroxylation is 1. The second kappa shape index (κ2) is 7.75. The molecule has 3 aromatic carbocycles. The van der Waals surface area contributed by atoms with Crippen molar-refractivity contribution in [3.8, 4) is 0 Å². The van der Waals surface area contributed by atoms with Crippen molar-refractivity contribution in [1.82, 2.24) is 9.97 Å². The molecule has 1 aromatic heterocycles. The van der Waals surface area contributed by atoms with Gasteiger partial charge in [0.1, 0.15) is 11.6 Å². The van der Waals surface area contributed by atoms with Gasteiger partial charge in [-0.3, -0.25) is 0 Å². The first-order valence-corrected chi connectivity index (χ1v) is 8.91. The summed E-state index contributed by atoms with van der Waals surface area (Å²) in [5, 5.41) is 9.91. The Balaban J connectivity index is 1.52. The molecule has 0 atom stereocenters. The second-order valence-corrected chi connectivity index (χ2v) is 6.29. The van der Waals surface area contributed by atoms with Crippen LogP contribution in [0.5, 0.6) is 0 Å². The van der Waals surface area contributed by atoms with Gasteiger partial charge in [-0.15, -0.1) is 0 Å². The number of anilines is 4. The van der Waals surface area contributed by atoms with Crippen molar-refractivity contribution < 1.29 is 4.79 Å². The molecule has 6 nitrogen and oxygen atoms in total. The van der Waals surface area contributed by atoms with E-state index in [1.165, 1.54) is 0 Å². The van der Waals surface area contributed by atoms with Gasteiger partial charge in [0.2, 0.25) is 0 Å². The standard InChI is InChI=1S/C22H19N5O/c1-15-23-20-13-6-5-12-19(20)21(24-15)25-17-10-7-11-18(14-17)27-22(28)26-16-8-3-2-4-9-16/h2-14H,1H3,(H,23,24,25)(H2,26,27,28). The zero-order chi connectivity index (χ0) is 19.3. The maximum absolute atomic E-state index is 12.2. The number of urea groups is 1. The third kappa shape index (κ3) is 4.07. The summed E-state index contributed by atoms with van der Waals surface area (Å²) < 4.78 is 0. The summed E-state index contributed by atoms with van der Waals surface area (Å²) >= 11 is 0. The highest BCUT2D eigenvalue weighted by molar-refractivity contribution is 6.00. The van der Waals surface area contributed by atoms with Crippen LogP contribution in [-0.4, -0.2) is 16.0 Å². The fourth-order valence-electron chi connectivity index (χ4n) is 2.91. The number of benzene rings is 3. The minimum absolute atomic E-state index is 0.299. The molecule has 4 aromatic rings. The van der Waals surface area contributed by atoms with Gasteiger partial charge in [-0.25, -0.2) is 14.8 Å². The summed E-state index contributed by atoms with van der Waals surface area (Å²) in [6.07, 6.45) is 0. The lowest BCUT2D eigenvalue weighted by molar-refractivity contribution is 0.262. The smallest absolute Gasteiger partial charge is 0.323 e. The molecule has 3 N–H and O–H groups in total. The number of fused-ring (bicyclic) bond motifs is 1. The normalized spacial score (nSPS) is 10.5. The number of carbonyl (C=O) groups excluding carboxylic acids is 1. The van der Waals surface area contributed by atoms with E-state index in [-0.39, 0.29) is 6.03 Å². The Morgan fingerprint density at radius 2 is 1.43 bits per heavy atom. The van der Waals surface area contributed by atoms with Crippen LogP contribution in [0.25, 0.3) is 10.9 Å². The molecule has 4 rings (SSSR count). The van der Waals surface area contributed by atoms with E-state index in [1.54, 1.807) is 0 Å². The van der Waals surface area contributed by atoms with E-state index in [2.05, 4.69) is 25.9 Å². The monoisotopic (exact) mass is 369 g/mol. The number of hydrogen-bond acceptors (Lipinski definition) is 4. The molecule has 0 fully saturated rings. The Bertz CT molecular complexity index is 1130. The molecule has 0 aliphatic carbocycles. The number of amides is 2. The Hall–Kier alpha value is -3.93. The maximum atomic E-state index is 12.2. The lowest BCUT2D eigenvalue weighted by atomic mass is 10.2. The average molecular weight is 369 g/mol. The fourth-order valence-corrected chi connectivity index (χ4v) is 2.91. The molecule has 0 unspecified atom stereocenters. The zero-order valence-corrected chi connectivity index (χ0v) is 15.3. The van der Waals surface area contributed by atoms with Gasteiger partial charge in [0.05, 0.1) is 5.52 Å². The predicted molar refractivity (Wildman–Crippen MR) is 113 cm³/mol. The molecule has 2 amide bonds. The molecule has 0 aliphatic heterocycles. The van der Waals surface area contributed by atoms with Crippen LogP contribution in [0.15, 0.2) is 78.9 Å². The molecule has 6 heteroatoms. The summed E-state index contributed by atoms with van der Waals surface area (Å²) in [5.41, 5.74) is 3.11. The van der Waals surface area contributed by atoms with E-state index >= 15 is 0 Å². The molecular formula is C22H19N5O. The number of aromatic nitrogens is 2. The summed E-state index contributed by atoms with van der Waals surface area (Å²) in [7, 11) is 0. The number of nitrogens with zero attached hydrogens (tertiary/aromatic N) is 2. The first-order valence-electron chi connectivity index (χ1n) is 8.91. The van der Waals surface area contributed by atoms with Gasteiger partial charge in [0.15, 0.2) is 0 Å². The van der Waals surface area contributed by atoms with Crippen molar-refractivity contribution in [3.05, 3.63) is 84.7 Å². The highest BCUT2D eigenvalue weighted by atomic mass is 16.2. The van der Waals surface area contributed by atoms with Crippen molar-refractivity contribution >= 4 is 39.8 Å². The molecule has 0 radical (unpaired) electrons. The maximum Gasteiger partial charge on any atom is 0.323 e. The van der Waals surface area contributed by atoms with Gasteiger partial charge in [-0.2, -0.15) is 0 Å². The van der Waals surface area contributed by atoms with Crippen molar-refractivity contribution in [1.29, 1.82) is 0 Å². The third-order valence-electron chi connectivity index (χ3n) is 4.13. The second-order valence-electron chi connectivity index (χ2n) is 6.29. The van der Waals surface area contributed by atoms with Crippen LogP contribution in [-0.2, 0) is 0 Å². The molecule has 0 saturated heterocycles. The largest absolute Gasteiger partial charge is 0.340 e. The zero-order valence-electron chi connectivity index (χ0n) is 15.3. The van der Waals surface area contributed by atoms with E-state index in [0.717, 1.165) is 28.1 Å². The first-order chi connectivity index (χ1) is 13.7. The summed E-state index contributed by atoms with van der Waals surface area (Å²) in [4.78, 5) is 21.2. The molecule has 138 valence electrons. The van der Waals surface area contributed by atoms with E-state index in [9.17, 15) is 4.79 Å².